The summed E-state index contributed by atoms with van der Waals surface area (Å²) in [6.45, 7) is 2.65. The number of hydrogen-bond acceptors (Lipinski definition) is 5. The van der Waals surface area contributed by atoms with Crippen LogP contribution in [0.1, 0.15) is 12.6 Å². The van der Waals surface area contributed by atoms with Crippen molar-refractivity contribution in [2.24, 2.45) is 5.73 Å². The van der Waals surface area contributed by atoms with Crippen molar-refractivity contribution in [1.29, 1.82) is 0 Å². The molecule has 21 heavy (non-hydrogen) atoms. The molecule has 0 bridgehead atoms. The van der Waals surface area contributed by atoms with Crippen LogP contribution in [0.25, 0.3) is 0 Å². The Morgan fingerprint density at radius 1 is 1.33 bits per heavy atom. The number of nitrogens with zero attached hydrogens (tertiary/aromatic N) is 1. The highest BCUT2D eigenvalue weighted by Gasteiger charge is 2.47. The van der Waals surface area contributed by atoms with Crippen molar-refractivity contribution in [3.63, 3.8) is 0 Å². The van der Waals surface area contributed by atoms with E-state index < -0.39 is 10.8 Å². The molecule has 0 amide bonds. The van der Waals surface area contributed by atoms with Crippen LogP contribution in [0.5, 0.6) is 0 Å². The lowest BCUT2D eigenvalue weighted by Crippen LogP contribution is -2.38. The Morgan fingerprint density at radius 2 is 2.00 bits per heavy atom. The fourth-order valence-corrected chi connectivity index (χ4v) is 3.11. The van der Waals surface area contributed by atoms with Crippen LogP contribution in [-0.4, -0.2) is 22.6 Å². The second-order valence-electron chi connectivity index (χ2n) is 4.33. The number of hydrogen-bond donors (Lipinski definition) is 3. The molecule has 2 aromatic rings. The van der Waals surface area contributed by atoms with E-state index in [2.05, 4.69) is 10.3 Å². The summed E-state index contributed by atoms with van der Waals surface area (Å²) in [5, 5.41) is 12.6. The standard InChI is InChI=1S/C13H10N2O2S.C2H7N/c16-12(17)13(11-7-3-4-8-14-11)15-9-5-1-2-6-10(9)18-13;1-2-3/h1-8,15H,(H,16,17);2-3H2,1H3. The maximum Gasteiger partial charge on any atom is 0.346 e. The minimum atomic E-state index is -1.23. The molecule has 0 saturated heterocycles. The molecule has 0 aliphatic carbocycles. The van der Waals surface area contributed by atoms with Crippen LogP contribution in [0.15, 0.2) is 53.6 Å². The molecule has 1 atom stereocenters. The average Bonchev–Trinajstić information content (AvgIpc) is 2.90. The number of fused-ring (bicyclic) bond motifs is 1. The molecule has 1 unspecified atom stereocenters. The highest BCUT2D eigenvalue weighted by molar-refractivity contribution is 8.01. The van der Waals surface area contributed by atoms with E-state index >= 15 is 0 Å². The summed E-state index contributed by atoms with van der Waals surface area (Å²) < 4.78 is 0. The van der Waals surface area contributed by atoms with Crippen LogP contribution >= 0.6 is 11.8 Å². The Hall–Kier alpha value is -2.05. The molecule has 1 aromatic heterocycles. The number of carbonyl (C=O) groups is 1. The van der Waals surface area contributed by atoms with Crippen molar-refractivity contribution in [3.05, 3.63) is 54.4 Å². The largest absolute Gasteiger partial charge is 0.479 e. The fraction of sp³-hybridized carbons (Fsp3) is 0.200. The number of carboxylic acid groups (broad SMARTS) is 1. The van der Waals surface area contributed by atoms with Gasteiger partial charge >= 0.3 is 5.97 Å². The minimum absolute atomic E-state index is 0.499. The summed E-state index contributed by atoms with van der Waals surface area (Å²) in [5.41, 5.74) is 6.18. The fourth-order valence-electron chi connectivity index (χ4n) is 1.93. The molecule has 0 radical (unpaired) electrons. The molecule has 0 fully saturated rings. The number of thioether (sulfide) groups is 1. The lowest BCUT2D eigenvalue weighted by molar-refractivity contribution is -0.139. The molecular formula is C15H17N3O2S. The van der Waals surface area contributed by atoms with Crippen LogP contribution in [0.4, 0.5) is 5.69 Å². The molecule has 0 saturated carbocycles. The summed E-state index contributed by atoms with van der Waals surface area (Å²) in [6, 6.07) is 12.8. The minimum Gasteiger partial charge on any atom is -0.479 e. The van der Waals surface area contributed by atoms with Gasteiger partial charge in [-0.15, -0.1) is 0 Å². The number of anilines is 1. The molecule has 3 rings (SSSR count). The third-order valence-corrected chi connectivity index (χ3v) is 4.16. The van der Waals surface area contributed by atoms with Crippen molar-refractivity contribution in [3.8, 4) is 0 Å². The molecule has 5 nitrogen and oxygen atoms in total. The van der Waals surface area contributed by atoms with Gasteiger partial charge in [0.05, 0.1) is 5.69 Å². The number of aromatic nitrogens is 1. The number of para-hydroxylation sites is 1. The molecule has 0 spiro atoms. The van der Waals surface area contributed by atoms with E-state index in [4.69, 9.17) is 5.73 Å². The molecule has 1 aliphatic heterocycles. The summed E-state index contributed by atoms with van der Waals surface area (Å²) in [5.74, 6) is -0.942. The summed E-state index contributed by atoms with van der Waals surface area (Å²) in [7, 11) is 0. The van der Waals surface area contributed by atoms with Crippen LogP contribution < -0.4 is 11.1 Å². The van der Waals surface area contributed by atoms with Crippen molar-refractivity contribution >= 4 is 23.4 Å². The normalized spacial score (nSPS) is 19.0. The molecule has 6 heteroatoms. The first-order valence-electron chi connectivity index (χ1n) is 6.55. The van der Waals surface area contributed by atoms with Crippen LogP contribution in [0.2, 0.25) is 0 Å². The Kier molecular flexibility index (Phi) is 4.82. The second kappa shape index (κ2) is 6.60. The lowest BCUT2D eigenvalue weighted by atomic mass is 10.1. The Bertz CT molecular complexity index is 594. The first-order chi connectivity index (χ1) is 10.1. The predicted molar refractivity (Wildman–Crippen MR) is 84.2 cm³/mol. The van der Waals surface area contributed by atoms with Crippen molar-refractivity contribution in [2.45, 2.75) is 16.7 Å². The van der Waals surface area contributed by atoms with E-state index in [0.29, 0.717) is 5.69 Å². The van der Waals surface area contributed by atoms with Crippen molar-refractivity contribution < 1.29 is 9.90 Å². The van der Waals surface area contributed by atoms with E-state index in [0.717, 1.165) is 17.1 Å². The average molecular weight is 303 g/mol. The van der Waals surface area contributed by atoms with Gasteiger partial charge in [-0.2, -0.15) is 0 Å². The molecule has 2 heterocycles. The number of nitrogens with one attached hydrogen (secondary N) is 1. The number of aliphatic carboxylic acids is 1. The van der Waals surface area contributed by atoms with E-state index in [9.17, 15) is 9.90 Å². The quantitative estimate of drug-likeness (QED) is 0.790. The second-order valence-corrected chi connectivity index (χ2v) is 5.59. The monoisotopic (exact) mass is 303 g/mol. The Balaban J connectivity index is 0.000000497. The van der Waals surface area contributed by atoms with Crippen molar-refractivity contribution in [1.82, 2.24) is 4.98 Å². The van der Waals surface area contributed by atoms with Gasteiger partial charge in [0, 0.05) is 16.8 Å². The summed E-state index contributed by atoms with van der Waals surface area (Å²) >= 11 is 1.27. The first kappa shape index (κ1) is 15.3. The Labute approximate surface area is 127 Å². The van der Waals surface area contributed by atoms with Gasteiger partial charge in [0.1, 0.15) is 0 Å². The maximum absolute atomic E-state index is 11.7. The molecule has 110 valence electrons. The molecule has 1 aliphatic rings. The van der Waals surface area contributed by atoms with Crippen LogP contribution in [0.3, 0.4) is 0 Å². The van der Waals surface area contributed by atoms with Gasteiger partial charge in [-0.25, -0.2) is 4.79 Å². The first-order valence-corrected chi connectivity index (χ1v) is 7.37. The highest BCUT2D eigenvalue weighted by Crippen LogP contribution is 2.50. The summed E-state index contributed by atoms with van der Waals surface area (Å²) in [4.78, 5) is 15.5. The van der Waals surface area contributed by atoms with Crippen LogP contribution in [-0.2, 0) is 9.67 Å². The van der Waals surface area contributed by atoms with E-state index in [1.54, 1.807) is 24.4 Å². The number of rotatable bonds is 2. The topological polar surface area (TPSA) is 88.2 Å². The van der Waals surface area contributed by atoms with E-state index in [1.165, 1.54) is 11.8 Å². The van der Waals surface area contributed by atoms with E-state index in [-0.39, 0.29) is 0 Å². The van der Waals surface area contributed by atoms with Gasteiger partial charge in [0.2, 0.25) is 4.87 Å². The Morgan fingerprint density at radius 3 is 2.57 bits per heavy atom. The number of pyridine rings is 1. The van der Waals surface area contributed by atoms with Gasteiger partial charge in [0.15, 0.2) is 0 Å². The van der Waals surface area contributed by atoms with Gasteiger partial charge in [0.25, 0.3) is 0 Å². The van der Waals surface area contributed by atoms with Gasteiger partial charge in [-0.1, -0.05) is 36.9 Å². The molecular weight excluding hydrogens is 286 g/mol. The molecule has 4 N–H and O–H groups in total. The number of nitrogens with two attached hydrogens (primary N) is 1. The highest BCUT2D eigenvalue weighted by atomic mass is 32.2. The zero-order valence-electron chi connectivity index (χ0n) is 11.6. The third kappa shape index (κ3) is 3.01. The lowest BCUT2D eigenvalue weighted by Gasteiger charge is -2.23. The zero-order valence-corrected chi connectivity index (χ0v) is 12.4. The zero-order chi connectivity index (χ0) is 15.3. The number of benzene rings is 1. The molecule has 1 aromatic carbocycles. The van der Waals surface area contributed by atoms with Gasteiger partial charge < -0.3 is 16.2 Å². The van der Waals surface area contributed by atoms with Crippen molar-refractivity contribution in [2.75, 3.05) is 11.9 Å². The third-order valence-electron chi connectivity index (χ3n) is 2.79. The summed E-state index contributed by atoms with van der Waals surface area (Å²) in [6.07, 6.45) is 1.60. The van der Waals surface area contributed by atoms with E-state index in [1.807, 2.05) is 31.2 Å². The SMILES string of the molecule is CCN.O=C(O)C1(c2ccccn2)Nc2ccccc2S1. The van der Waals surface area contributed by atoms with Gasteiger partial charge in [-0.3, -0.25) is 4.98 Å². The smallest absolute Gasteiger partial charge is 0.346 e. The number of carboxylic acids is 1. The van der Waals surface area contributed by atoms with Gasteiger partial charge in [-0.05, 0) is 30.8 Å². The van der Waals surface area contributed by atoms with Crippen LogP contribution in [0, 0.1) is 0 Å². The maximum atomic E-state index is 11.7. The predicted octanol–water partition coefficient (Wildman–Crippen LogP) is 2.50.